The molecule has 2 nitrogen and oxygen atoms in total. The van der Waals surface area contributed by atoms with Crippen molar-refractivity contribution in [2.24, 2.45) is 4.99 Å². The fourth-order valence-corrected chi connectivity index (χ4v) is 2.16. The first-order chi connectivity index (χ1) is 7.88. The number of nitrogens with zero attached hydrogens (tertiary/aromatic N) is 1. The smallest absolute Gasteiger partial charge is 0.211 e. The molecule has 1 radical (unpaired) electrons. The van der Waals surface area contributed by atoms with Crippen molar-refractivity contribution >= 4 is 11.8 Å². The Morgan fingerprint density at radius 2 is 2.00 bits per heavy atom. The molecular weight excluding hydrogens is 198 g/mol. The molecule has 0 aromatic heterocycles. The normalized spacial score (nSPS) is 11.5. The lowest BCUT2D eigenvalue weighted by Crippen LogP contribution is -1.79. The minimum atomic E-state index is 0.557. The minimum absolute atomic E-state index is 0.557. The van der Waals surface area contributed by atoms with Gasteiger partial charge in [0.1, 0.15) is 0 Å². The summed E-state index contributed by atoms with van der Waals surface area (Å²) in [6.07, 6.45) is 2.41. The van der Waals surface area contributed by atoms with E-state index in [1.54, 1.807) is 12.1 Å². The zero-order valence-electron chi connectivity index (χ0n) is 8.53. The molecule has 0 saturated carbocycles. The van der Waals surface area contributed by atoms with Crippen molar-refractivity contribution in [1.29, 1.82) is 0 Å². The average Bonchev–Trinajstić information content (AvgIpc) is 2.67. The molecule has 0 bridgehead atoms. The summed E-state index contributed by atoms with van der Waals surface area (Å²) < 4.78 is 0. The predicted octanol–water partition coefficient (Wildman–Crippen LogP) is 3.03. The fraction of sp³-hybridized carbons (Fsp3) is 0.0714. The molecule has 0 saturated heterocycles. The molecule has 3 rings (SSSR count). The first-order valence-corrected chi connectivity index (χ1v) is 5.10. The molecular formula is C14H8NO. The van der Waals surface area contributed by atoms with Gasteiger partial charge >= 0.3 is 0 Å². The lowest BCUT2D eigenvalue weighted by molar-refractivity contribution is 0.565. The van der Waals surface area contributed by atoms with E-state index in [9.17, 15) is 4.79 Å². The number of rotatable bonds is 1. The van der Waals surface area contributed by atoms with Crippen LogP contribution in [0.15, 0.2) is 41.4 Å². The zero-order valence-corrected chi connectivity index (χ0v) is 8.53. The van der Waals surface area contributed by atoms with Gasteiger partial charge in [-0.15, -0.1) is 0 Å². The number of carbonyl (C=O) groups excluding carboxylic acids is 1. The van der Waals surface area contributed by atoms with E-state index in [0.717, 1.165) is 12.0 Å². The van der Waals surface area contributed by atoms with E-state index in [1.807, 2.05) is 18.2 Å². The van der Waals surface area contributed by atoms with Crippen LogP contribution in [0.5, 0.6) is 0 Å². The van der Waals surface area contributed by atoms with E-state index in [-0.39, 0.29) is 0 Å². The molecule has 0 aliphatic heterocycles. The van der Waals surface area contributed by atoms with Crippen molar-refractivity contribution < 1.29 is 4.79 Å². The van der Waals surface area contributed by atoms with Gasteiger partial charge in [0.15, 0.2) is 0 Å². The molecule has 0 heterocycles. The summed E-state index contributed by atoms with van der Waals surface area (Å²) in [6.45, 7) is 0. The molecule has 2 heteroatoms. The molecule has 0 spiro atoms. The van der Waals surface area contributed by atoms with E-state index in [1.165, 1.54) is 16.7 Å². The van der Waals surface area contributed by atoms with Gasteiger partial charge in [-0.2, -0.15) is 4.99 Å². The second kappa shape index (κ2) is 3.44. The molecule has 0 unspecified atom stereocenters. The quantitative estimate of drug-likeness (QED) is 0.444. The van der Waals surface area contributed by atoms with Crippen LogP contribution in [0.25, 0.3) is 11.1 Å². The van der Waals surface area contributed by atoms with Crippen LogP contribution in [0.2, 0.25) is 0 Å². The van der Waals surface area contributed by atoms with E-state index >= 15 is 0 Å². The minimum Gasteiger partial charge on any atom is -0.211 e. The Bertz CT molecular complexity index is 610. The summed E-state index contributed by atoms with van der Waals surface area (Å²) in [5.74, 6) is 0. The Morgan fingerprint density at radius 1 is 1.12 bits per heavy atom. The SMILES string of the molecule is O=C=Nc1[c]c2c(cc1)-c1ccccc1C2. The summed E-state index contributed by atoms with van der Waals surface area (Å²) >= 11 is 0. The van der Waals surface area contributed by atoms with Crippen LogP contribution in [-0.2, 0) is 11.2 Å². The second-order valence-electron chi connectivity index (χ2n) is 3.77. The maximum Gasteiger partial charge on any atom is 0.240 e. The highest BCUT2D eigenvalue weighted by Gasteiger charge is 2.17. The van der Waals surface area contributed by atoms with Crippen LogP contribution in [-0.4, -0.2) is 6.08 Å². The van der Waals surface area contributed by atoms with Crippen molar-refractivity contribution in [3.8, 4) is 11.1 Å². The van der Waals surface area contributed by atoms with E-state index in [0.29, 0.717) is 5.69 Å². The van der Waals surface area contributed by atoms with Gasteiger partial charge in [0.25, 0.3) is 0 Å². The monoisotopic (exact) mass is 206 g/mol. The van der Waals surface area contributed by atoms with E-state index in [4.69, 9.17) is 0 Å². The van der Waals surface area contributed by atoms with Gasteiger partial charge in [0.05, 0.1) is 5.69 Å². The van der Waals surface area contributed by atoms with Crippen molar-refractivity contribution in [1.82, 2.24) is 0 Å². The van der Waals surface area contributed by atoms with Crippen molar-refractivity contribution in [2.75, 3.05) is 0 Å². The number of fused-ring (bicyclic) bond motifs is 3. The highest BCUT2D eigenvalue weighted by molar-refractivity contribution is 5.78. The molecule has 2 aromatic rings. The Balaban J connectivity index is 2.17. The number of benzene rings is 2. The summed E-state index contributed by atoms with van der Waals surface area (Å²) in [4.78, 5) is 13.8. The van der Waals surface area contributed by atoms with Gasteiger partial charge in [-0.1, -0.05) is 30.3 Å². The summed E-state index contributed by atoms with van der Waals surface area (Å²) in [6, 6.07) is 15.2. The third-order valence-electron chi connectivity index (χ3n) is 2.85. The van der Waals surface area contributed by atoms with Crippen LogP contribution in [0.4, 0.5) is 5.69 Å². The number of isocyanates is 1. The zero-order chi connectivity index (χ0) is 11.0. The Morgan fingerprint density at radius 3 is 2.88 bits per heavy atom. The lowest BCUT2D eigenvalue weighted by Gasteiger charge is -1.99. The average molecular weight is 206 g/mol. The van der Waals surface area contributed by atoms with Gasteiger partial charge in [-0.05, 0) is 34.7 Å². The molecule has 1 aliphatic rings. The number of hydrogen-bond donors (Lipinski definition) is 0. The van der Waals surface area contributed by atoms with Gasteiger partial charge in [0, 0.05) is 6.07 Å². The van der Waals surface area contributed by atoms with Crippen molar-refractivity contribution in [3.63, 3.8) is 0 Å². The van der Waals surface area contributed by atoms with Gasteiger partial charge < -0.3 is 0 Å². The van der Waals surface area contributed by atoms with Crippen LogP contribution in [0.1, 0.15) is 11.1 Å². The summed E-state index contributed by atoms with van der Waals surface area (Å²) in [5, 5.41) is 0. The van der Waals surface area contributed by atoms with Crippen molar-refractivity contribution in [3.05, 3.63) is 53.6 Å². The molecule has 0 amide bonds. The third-order valence-corrected chi connectivity index (χ3v) is 2.85. The topological polar surface area (TPSA) is 29.4 Å². The molecule has 0 fully saturated rings. The Kier molecular flexibility index (Phi) is 1.95. The van der Waals surface area contributed by atoms with Crippen LogP contribution >= 0.6 is 0 Å². The van der Waals surface area contributed by atoms with E-state index in [2.05, 4.69) is 23.2 Å². The fourth-order valence-electron chi connectivity index (χ4n) is 2.16. The lowest BCUT2D eigenvalue weighted by atomic mass is 10.1. The maximum absolute atomic E-state index is 10.2. The van der Waals surface area contributed by atoms with E-state index < -0.39 is 0 Å². The molecule has 0 atom stereocenters. The Hall–Kier alpha value is -2.18. The molecule has 2 aromatic carbocycles. The predicted molar refractivity (Wildman–Crippen MR) is 61.3 cm³/mol. The van der Waals surface area contributed by atoms with Gasteiger partial charge in [0.2, 0.25) is 6.08 Å². The largest absolute Gasteiger partial charge is 0.240 e. The molecule has 0 N–H and O–H groups in total. The highest BCUT2D eigenvalue weighted by atomic mass is 16.1. The first-order valence-electron chi connectivity index (χ1n) is 5.10. The third kappa shape index (κ3) is 1.28. The summed E-state index contributed by atoms with van der Waals surface area (Å²) in [5.41, 5.74) is 5.43. The van der Waals surface area contributed by atoms with Gasteiger partial charge in [-0.25, -0.2) is 4.79 Å². The number of hydrogen-bond acceptors (Lipinski definition) is 2. The molecule has 1 aliphatic carbocycles. The van der Waals surface area contributed by atoms with Crippen LogP contribution in [0, 0.1) is 6.07 Å². The van der Waals surface area contributed by atoms with Gasteiger partial charge in [-0.3, -0.25) is 0 Å². The second-order valence-corrected chi connectivity index (χ2v) is 3.77. The first kappa shape index (κ1) is 9.08. The summed E-state index contributed by atoms with van der Waals surface area (Å²) in [7, 11) is 0. The van der Waals surface area contributed by atoms with Crippen molar-refractivity contribution in [2.45, 2.75) is 6.42 Å². The Labute approximate surface area is 93.3 Å². The highest BCUT2D eigenvalue weighted by Crippen LogP contribution is 2.37. The molecule has 16 heavy (non-hydrogen) atoms. The molecule has 75 valence electrons. The van der Waals surface area contributed by atoms with Crippen LogP contribution < -0.4 is 0 Å². The van der Waals surface area contributed by atoms with Crippen LogP contribution in [0.3, 0.4) is 0 Å². The maximum atomic E-state index is 10.2. The standard InChI is InChI=1S/C14H8NO/c16-9-15-12-5-6-14-11(8-12)7-10-3-1-2-4-13(10)14/h1-6H,7H2. The number of aliphatic imine (C=N–C) groups is 1.